The van der Waals surface area contributed by atoms with Crippen LogP contribution in [-0.4, -0.2) is 39.4 Å². The zero-order valence-corrected chi connectivity index (χ0v) is 16.2. The van der Waals surface area contributed by atoms with Gasteiger partial charge >= 0.3 is 0 Å². The Morgan fingerprint density at radius 1 is 1.21 bits per heavy atom. The van der Waals surface area contributed by atoms with Crippen LogP contribution in [0.1, 0.15) is 30.3 Å². The Hall–Kier alpha value is -3.26. The molecule has 3 aromatic rings. The van der Waals surface area contributed by atoms with Crippen LogP contribution in [0.5, 0.6) is 0 Å². The van der Waals surface area contributed by atoms with E-state index in [4.69, 9.17) is 4.42 Å². The van der Waals surface area contributed by atoms with Crippen molar-refractivity contribution in [2.24, 2.45) is 0 Å². The van der Waals surface area contributed by atoms with Crippen LogP contribution in [0.2, 0.25) is 0 Å². The maximum Gasteiger partial charge on any atom is 0.270 e. The molecular formula is C21H23N5O3. The van der Waals surface area contributed by atoms with Crippen molar-refractivity contribution < 1.29 is 9.34 Å². The molecule has 3 heterocycles. The Morgan fingerprint density at radius 2 is 2.03 bits per heavy atom. The lowest BCUT2D eigenvalue weighted by atomic mass is 10.2. The molecule has 0 spiro atoms. The van der Waals surface area contributed by atoms with E-state index in [0.717, 1.165) is 24.5 Å². The molecule has 29 heavy (non-hydrogen) atoms. The minimum atomic E-state index is -0.414. The van der Waals surface area contributed by atoms with Crippen molar-refractivity contribution in [1.82, 2.24) is 14.9 Å². The van der Waals surface area contributed by atoms with E-state index in [9.17, 15) is 10.1 Å². The summed E-state index contributed by atoms with van der Waals surface area (Å²) in [6, 6.07) is 12.3. The van der Waals surface area contributed by atoms with Crippen molar-refractivity contribution in [3.63, 3.8) is 0 Å². The Bertz CT molecular complexity index is 984. The average Bonchev–Trinajstić information content (AvgIpc) is 3.43. The van der Waals surface area contributed by atoms with Crippen molar-refractivity contribution in [1.29, 1.82) is 0 Å². The van der Waals surface area contributed by atoms with Gasteiger partial charge in [-0.15, -0.1) is 0 Å². The van der Waals surface area contributed by atoms with E-state index in [1.165, 1.54) is 25.0 Å². The number of likely N-dealkylation sites (tertiary alicyclic amines) is 1. The van der Waals surface area contributed by atoms with Gasteiger partial charge in [-0.2, -0.15) is 0 Å². The third kappa shape index (κ3) is 4.43. The van der Waals surface area contributed by atoms with Crippen LogP contribution in [0.15, 0.2) is 53.1 Å². The number of benzene rings is 1. The average molecular weight is 393 g/mol. The number of furan rings is 1. The number of nitro groups is 1. The van der Waals surface area contributed by atoms with Gasteiger partial charge in [0.2, 0.25) is 0 Å². The van der Waals surface area contributed by atoms with Crippen LogP contribution in [0.4, 0.5) is 11.5 Å². The number of nitrogens with zero attached hydrogens (tertiary/aromatic N) is 4. The normalized spacial score (nSPS) is 15.3. The number of hydrogen-bond acceptors (Lipinski definition) is 7. The van der Waals surface area contributed by atoms with Gasteiger partial charge in [-0.25, -0.2) is 9.97 Å². The van der Waals surface area contributed by atoms with E-state index in [-0.39, 0.29) is 11.7 Å². The summed E-state index contributed by atoms with van der Waals surface area (Å²) in [5, 5.41) is 14.5. The van der Waals surface area contributed by atoms with Gasteiger partial charge < -0.3 is 9.73 Å². The molecule has 1 atom stereocenters. The number of nitrogens with one attached hydrogen (secondary N) is 1. The number of hydrogen-bond donors (Lipinski definition) is 1. The second kappa shape index (κ2) is 8.40. The van der Waals surface area contributed by atoms with Crippen molar-refractivity contribution >= 4 is 11.5 Å². The third-order valence-electron chi connectivity index (χ3n) is 5.10. The summed E-state index contributed by atoms with van der Waals surface area (Å²) in [5.74, 6) is 2.09. The van der Waals surface area contributed by atoms with E-state index in [0.29, 0.717) is 23.8 Å². The van der Waals surface area contributed by atoms with Gasteiger partial charge in [0, 0.05) is 36.0 Å². The summed E-state index contributed by atoms with van der Waals surface area (Å²) in [4.78, 5) is 22.1. The van der Waals surface area contributed by atoms with E-state index in [2.05, 4.69) is 20.2 Å². The zero-order valence-electron chi connectivity index (χ0n) is 16.2. The monoisotopic (exact) mass is 393 g/mol. The van der Waals surface area contributed by atoms with Gasteiger partial charge in [0.05, 0.1) is 17.2 Å². The van der Waals surface area contributed by atoms with E-state index < -0.39 is 4.92 Å². The summed E-state index contributed by atoms with van der Waals surface area (Å²) in [7, 11) is 0. The zero-order chi connectivity index (χ0) is 20.2. The highest BCUT2D eigenvalue weighted by Gasteiger charge is 2.25. The lowest BCUT2D eigenvalue weighted by Crippen LogP contribution is -2.31. The van der Waals surface area contributed by atoms with E-state index in [1.807, 2.05) is 25.1 Å². The first-order valence-corrected chi connectivity index (χ1v) is 9.72. The first-order chi connectivity index (χ1) is 14.1. The summed E-state index contributed by atoms with van der Waals surface area (Å²) in [6.07, 6.45) is 4.09. The Kier molecular flexibility index (Phi) is 5.53. The summed E-state index contributed by atoms with van der Waals surface area (Å²) in [5.41, 5.74) is 1.43. The van der Waals surface area contributed by atoms with Crippen LogP contribution in [-0.2, 0) is 0 Å². The van der Waals surface area contributed by atoms with Crippen LogP contribution >= 0.6 is 0 Å². The number of rotatable bonds is 7. The Balaban J connectivity index is 1.56. The first kappa shape index (κ1) is 19.1. The van der Waals surface area contributed by atoms with Crippen molar-refractivity contribution in [3.05, 3.63) is 70.3 Å². The first-order valence-electron chi connectivity index (χ1n) is 9.72. The predicted octanol–water partition coefficient (Wildman–Crippen LogP) is 4.20. The quantitative estimate of drug-likeness (QED) is 0.474. The van der Waals surface area contributed by atoms with Gasteiger partial charge in [0.15, 0.2) is 5.82 Å². The summed E-state index contributed by atoms with van der Waals surface area (Å²) < 4.78 is 5.67. The van der Waals surface area contributed by atoms with Gasteiger partial charge in [-0.1, -0.05) is 12.1 Å². The highest BCUT2D eigenvalue weighted by Crippen LogP contribution is 2.27. The number of anilines is 1. The third-order valence-corrected chi connectivity index (χ3v) is 5.10. The van der Waals surface area contributed by atoms with Crippen LogP contribution in [0.25, 0.3) is 11.4 Å². The minimum absolute atomic E-state index is 0.0223. The Morgan fingerprint density at radius 3 is 2.76 bits per heavy atom. The van der Waals surface area contributed by atoms with Crippen molar-refractivity contribution in [3.8, 4) is 11.4 Å². The largest absolute Gasteiger partial charge is 0.468 e. The molecular weight excluding hydrogens is 370 g/mol. The van der Waals surface area contributed by atoms with Gasteiger partial charge in [-0.05, 0) is 45.0 Å². The van der Waals surface area contributed by atoms with E-state index >= 15 is 0 Å². The highest BCUT2D eigenvalue weighted by atomic mass is 16.6. The molecule has 4 rings (SSSR count). The van der Waals surface area contributed by atoms with Gasteiger partial charge in [0.25, 0.3) is 5.69 Å². The van der Waals surface area contributed by atoms with Gasteiger partial charge in [-0.3, -0.25) is 15.0 Å². The SMILES string of the molecule is Cc1cc(NC[C@@H](c2ccco2)N2CCCC2)nc(-c2cccc([N+](=O)[O-])c2)n1. The molecule has 8 heteroatoms. The molecule has 0 unspecified atom stereocenters. The molecule has 0 aliphatic carbocycles. The van der Waals surface area contributed by atoms with Crippen molar-refractivity contribution in [2.45, 2.75) is 25.8 Å². The predicted molar refractivity (Wildman–Crippen MR) is 110 cm³/mol. The van der Waals surface area contributed by atoms with Crippen molar-refractivity contribution in [2.75, 3.05) is 25.0 Å². The summed E-state index contributed by atoms with van der Waals surface area (Å²) >= 11 is 0. The lowest BCUT2D eigenvalue weighted by molar-refractivity contribution is -0.384. The smallest absolute Gasteiger partial charge is 0.270 e. The fourth-order valence-electron chi connectivity index (χ4n) is 3.69. The molecule has 1 saturated heterocycles. The fraction of sp³-hybridized carbons (Fsp3) is 0.333. The maximum atomic E-state index is 11.1. The number of aryl methyl sites for hydroxylation is 1. The molecule has 1 aromatic carbocycles. The molecule has 0 saturated carbocycles. The number of aromatic nitrogens is 2. The Labute approximate surface area is 168 Å². The second-order valence-corrected chi connectivity index (χ2v) is 7.18. The second-order valence-electron chi connectivity index (χ2n) is 7.18. The molecule has 0 amide bonds. The standard InChI is InChI=1S/C21H23N5O3/c1-15-12-20(24-21(23-15)16-6-4-7-17(13-16)26(27)28)22-14-18(19-8-5-11-29-19)25-9-2-3-10-25/h4-8,11-13,18H,2-3,9-10,14H2,1H3,(H,22,23,24)/t18-/m0/s1. The molecule has 2 aromatic heterocycles. The van der Waals surface area contributed by atoms with Crippen LogP contribution < -0.4 is 5.32 Å². The molecule has 1 aliphatic rings. The fourth-order valence-corrected chi connectivity index (χ4v) is 3.69. The highest BCUT2D eigenvalue weighted by molar-refractivity contribution is 5.61. The number of non-ortho nitro benzene ring substituents is 1. The number of nitro benzene ring substituents is 1. The topological polar surface area (TPSA) is 97.3 Å². The minimum Gasteiger partial charge on any atom is -0.468 e. The molecule has 150 valence electrons. The summed E-state index contributed by atoms with van der Waals surface area (Å²) in [6.45, 7) is 4.64. The molecule has 1 aliphatic heterocycles. The molecule has 8 nitrogen and oxygen atoms in total. The molecule has 0 bridgehead atoms. The van der Waals surface area contributed by atoms with Crippen LogP contribution in [0, 0.1) is 17.0 Å². The maximum absolute atomic E-state index is 11.1. The van der Waals surface area contributed by atoms with Crippen LogP contribution in [0.3, 0.4) is 0 Å². The molecule has 1 fully saturated rings. The van der Waals surface area contributed by atoms with Gasteiger partial charge in [0.1, 0.15) is 11.6 Å². The molecule has 1 N–H and O–H groups in total. The lowest BCUT2D eigenvalue weighted by Gasteiger charge is -2.26. The molecule has 0 radical (unpaired) electrons. The van der Waals surface area contributed by atoms with E-state index in [1.54, 1.807) is 18.4 Å².